The summed E-state index contributed by atoms with van der Waals surface area (Å²) in [4.78, 5) is 8.47. The second kappa shape index (κ2) is 10.5. The number of aryl methyl sites for hydroxylation is 2. The Bertz CT molecular complexity index is 804. The van der Waals surface area contributed by atoms with Gasteiger partial charge in [-0.1, -0.05) is 0 Å². The summed E-state index contributed by atoms with van der Waals surface area (Å²) < 4.78 is 62.2. The first kappa shape index (κ1) is 23.9. The number of nitrogens with zero attached hydrogens (tertiary/aromatic N) is 3. The smallest absolute Gasteiger partial charge is 0.370 e. The van der Waals surface area contributed by atoms with Crippen LogP contribution in [-0.4, -0.2) is 57.9 Å². The zero-order valence-electron chi connectivity index (χ0n) is 15.7. The zero-order valence-corrected chi connectivity index (χ0v) is 17.4. The number of anilines is 1. The molecule has 160 valence electrons. The van der Waals surface area contributed by atoms with Crippen molar-refractivity contribution in [1.29, 1.82) is 0 Å². The highest BCUT2D eigenvalue weighted by atomic mass is 32.2. The molecule has 0 amide bonds. The molecule has 0 saturated heterocycles. The number of halogens is 3. The fourth-order valence-electron chi connectivity index (χ4n) is 1.99. The second-order valence-corrected chi connectivity index (χ2v) is 8.62. The maximum absolute atomic E-state index is 12.1. The monoisotopic (exact) mass is 443 g/mol. The standard InChI is InChI=1S/C14H24F3N7O2S2/c1-9-10(6-4-5-7-20-12(19-2)24-28(3,25)26)22-13(27-9)23-11(18)21-8-14(15,16)17/h4-8H2,1-3H3,(H2,19,20,24)(H3,18,21,22,23). The predicted molar refractivity (Wildman–Crippen MR) is 105 cm³/mol. The number of hydrogen-bond donors (Lipinski definition) is 4. The summed E-state index contributed by atoms with van der Waals surface area (Å²) in [5.74, 6) is -0.168. The van der Waals surface area contributed by atoms with Gasteiger partial charge in [-0.3, -0.25) is 0 Å². The van der Waals surface area contributed by atoms with Gasteiger partial charge in [-0.05, 0) is 26.2 Å². The fourth-order valence-corrected chi connectivity index (χ4v) is 3.35. The molecule has 0 fully saturated rings. The summed E-state index contributed by atoms with van der Waals surface area (Å²) in [5, 5.41) is 8.50. The van der Waals surface area contributed by atoms with Crippen LogP contribution in [0.2, 0.25) is 0 Å². The minimum atomic E-state index is -4.41. The first-order valence-corrected chi connectivity index (χ1v) is 10.9. The van der Waals surface area contributed by atoms with E-state index in [0.717, 1.165) is 29.7 Å². The van der Waals surface area contributed by atoms with Gasteiger partial charge in [-0.2, -0.15) is 13.2 Å². The van der Waals surface area contributed by atoms with Gasteiger partial charge in [0.25, 0.3) is 10.0 Å². The average Bonchev–Trinajstić information content (AvgIpc) is 2.89. The molecule has 0 aliphatic carbocycles. The molecule has 28 heavy (non-hydrogen) atoms. The Balaban J connectivity index is 2.47. The number of nitrogens with one attached hydrogen (secondary N) is 3. The van der Waals surface area contributed by atoms with Crippen molar-refractivity contribution in [3.63, 3.8) is 0 Å². The molecule has 0 aliphatic heterocycles. The van der Waals surface area contributed by atoms with Gasteiger partial charge in [0.1, 0.15) is 6.54 Å². The summed E-state index contributed by atoms with van der Waals surface area (Å²) in [6.45, 7) is 1.02. The van der Waals surface area contributed by atoms with Gasteiger partial charge >= 0.3 is 6.18 Å². The van der Waals surface area contributed by atoms with Crippen LogP contribution in [0.3, 0.4) is 0 Å². The average molecular weight is 444 g/mol. The molecule has 0 radical (unpaired) electrons. The molecule has 14 heteroatoms. The second-order valence-electron chi connectivity index (χ2n) is 5.77. The molecular formula is C14H24F3N7O2S2. The molecule has 1 aromatic heterocycles. The highest BCUT2D eigenvalue weighted by Crippen LogP contribution is 2.23. The van der Waals surface area contributed by atoms with Crippen molar-refractivity contribution >= 4 is 38.4 Å². The number of thiazole rings is 1. The molecule has 0 spiro atoms. The third-order valence-electron chi connectivity index (χ3n) is 3.18. The Morgan fingerprint density at radius 2 is 2.00 bits per heavy atom. The van der Waals surface area contributed by atoms with Crippen molar-refractivity contribution < 1.29 is 21.6 Å². The van der Waals surface area contributed by atoms with Crippen LogP contribution in [0, 0.1) is 6.92 Å². The minimum Gasteiger partial charge on any atom is -0.370 e. The van der Waals surface area contributed by atoms with Crippen LogP contribution in [0.5, 0.6) is 0 Å². The molecular weight excluding hydrogens is 419 g/mol. The molecule has 0 unspecified atom stereocenters. The van der Waals surface area contributed by atoms with Crippen molar-refractivity contribution in [3.05, 3.63) is 10.6 Å². The van der Waals surface area contributed by atoms with Crippen molar-refractivity contribution in [1.82, 2.24) is 15.6 Å². The van der Waals surface area contributed by atoms with Gasteiger partial charge in [0.2, 0.25) is 5.96 Å². The molecule has 9 nitrogen and oxygen atoms in total. The number of nitrogens with two attached hydrogens (primary N) is 1. The van der Waals surface area contributed by atoms with Crippen LogP contribution in [0.1, 0.15) is 23.4 Å². The Morgan fingerprint density at radius 1 is 1.32 bits per heavy atom. The SMILES string of the molecule is CN/C(=N/S(C)(=O)=O)NCCCCc1nc(N/C(N)=N\CC(F)(F)F)sc1C. The number of rotatable bonds is 8. The van der Waals surface area contributed by atoms with Gasteiger partial charge in [0.15, 0.2) is 11.1 Å². The first-order valence-electron chi connectivity index (χ1n) is 8.21. The number of alkyl halides is 3. The lowest BCUT2D eigenvalue weighted by molar-refractivity contribution is -0.118. The van der Waals surface area contributed by atoms with E-state index in [2.05, 4.69) is 30.3 Å². The van der Waals surface area contributed by atoms with Gasteiger partial charge < -0.3 is 21.7 Å². The summed E-state index contributed by atoms with van der Waals surface area (Å²) in [7, 11) is -1.92. The van der Waals surface area contributed by atoms with Crippen LogP contribution in [0.4, 0.5) is 18.3 Å². The zero-order chi connectivity index (χ0) is 21.4. The molecule has 0 aromatic carbocycles. The lowest BCUT2D eigenvalue weighted by Crippen LogP contribution is -2.36. The Kier molecular flexibility index (Phi) is 8.94. The summed E-state index contributed by atoms with van der Waals surface area (Å²) in [6.07, 6.45) is -1.25. The van der Waals surface area contributed by atoms with E-state index in [4.69, 9.17) is 5.73 Å². The number of unbranched alkanes of at least 4 members (excludes halogenated alkanes) is 1. The van der Waals surface area contributed by atoms with E-state index in [1.807, 2.05) is 6.92 Å². The normalized spacial score (nSPS) is 13.5. The van der Waals surface area contributed by atoms with Crippen molar-refractivity contribution in [3.8, 4) is 0 Å². The largest absolute Gasteiger partial charge is 0.408 e. The van der Waals surface area contributed by atoms with E-state index < -0.39 is 22.7 Å². The number of guanidine groups is 2. The van der Waals surface area contributed by atoms with Crippen LogP contribution < -0.4 is 21.7 Å². The van der Waals surface area contributed by atoms with Crippen LogP contribution in [-0.2, 0) is 16.4 Å². The van der Waals surface area contributed by atoms with Gasteiger partial charge in [0.05, 0.1) is 11.9 Å². The summed E-state index contributed by atoms with van der Waals surface area (Å²) >= 11 is 1.28. The Hall–Kier alpha value is -2.09. The van der Waals surface area contributed by atoms with E-state index in [-0.39, 0.29) is 11.9 Å². The number of sulfonamides is 1. The van der Waals surface area contributed by atoms with Crippen LogP contribution in [0.25, 0.3) is 0 Å². The van der Waals surface area contributed by atoms with Gasteiger partial charge in [-0.15, -0.1) is 15.7 Å². The maximum Gasteiger partial charge on any atom is 0.408 e. The molecule has 0 saturated carbocycles. The highest BCUT2D eigenvalue weighted by Gasteiger charge is 2.26. The molecule has 1 heterocycles. The highest BCUT2D eigenvalue weighted by molar-refractivity contribution is 7.89. The lowest BCUT2D eigenvalue weighted by Gasteiger charge is -2.08. The van der Waals surface area contributed by atoms with E-state index in [1.54, 1.807) is 7.05 Å². The summed E-state index contributed by atoms with van der Waals surface area (Å²) in [6, 6.07) is 0. The van der Waals surface area contributed by atoms with E-state index in [9.17, 15) is 21.6 Å². The summed E-state index contributed by atoms with van der Waals surface area (Å²) in [5.41, 5.74) is 6.25. The Labute approximate surface area is 165 Å². The Morgan fingerprint density at radius 3 is 2.57 bits per heavy atom. The fraction of sp³-hybridized carbons (Fsp3) is 0.643. The van der Waals surface area contributed by atoms with E-state index in [1.165, 1.54) is 11.3 Å². The molecule has 0 atom stereocenters. The molecule has 0 bridgehead atoms. The van der Waals surface area contributed by atoms with Crippen molar-refractivity contribution in [2.75, 3.05) is 31.7 Å². The quantitative estimate of drug-likeness (QED) is 0.269. The maximum atomic E-state index is 12.1. The third kappa shape index (κ3) is 10.3. The number of aromatic nitrogens is 1. The van der Waals surface area contributed by atoms with E-state index in [0.29, 0.717) is 18.1 Å². The van der Waals surface area contributed by atoms with Crippen LogP contribution >= 0.6 is 11.3 Å². The van der Waals surface area contributed by atoms with Crippen molar-refractivity contribution in [2.24, 2.45) is 15.1 Å². The van der Waals surface area contributed by atoms with Gasteiger partial charge in [0, 0.05) is 18.5 Å². The topological polar surface area (TPSA) is 134 Å². The lowest BCUT2D eigenvalue weighted by atomic mass is 10.2. The van der Waals surface area contributed by atoms with E-state index >= 15 is 0 Å². The predicted octanol–water partition coefficient (Wildman–Crippen LogP) is 1.19. The third-order valence-corrected chi connectivity index (χ3v) is 4.63. The number of hydrogen-bond acceptors (Lipinski definition) is 5. The number of aliphatic imine (C=N–C) groups is 1. The van der Waals surface area contributed by atoms with Gasteiger partial charge in [-0.25, -0.2) is 18.4 Å². The minimum absolute atomic E-state index is 0.174. The molecule has 5 N–H and O–H groups in total. The van der Waals surface area contributed by atoms with Crippen LogP contribution in [0.15, 0.2) is 9.39 Å². The molecule has 1 rings (SSSR count). The van der Waals surface area contributed by atoms with Crippen molar-refractivity contribution in [2.45, 2.75) is 32.4 Å². The first-order chi connectivity index (χ1) is 12.9. The molecule has 1 aromatic rings. The molecule has 0 aliphatic rings.